The molecule has 0 bridgehead atoms. The first kappa shape index (κ1) is 14.4. The van der Waals surface area contributed by atoms with Crippen molar-refractivity contribution in [3.05, 3.63) is 22.5 Å². The van der Waals surface area contributed by atoms with E-state index in [1.807, 2.05) is 0 Å². The minimum absolute atomic E-state index is 0.0723. The second-order valence-electron chi connectivity index (χ2n) is 4.96. The molecule has 1 aromatic heterocycles. The van der Waals surface area contributed by atoms with E-state index in [1.54, 1.807) is 6.92 Å². The number of nitro groups is 1. The van der Waals surface area contributed by atoms with Crippen LogP contribution >= 0.6 is 0 Å². The van der Waals surface area contributed by atoms with E-state index in [2.05, 4.69) is 10.4 Å². The number of nitrogens with one attached hydrogen (secondary N) is 1. The van der Waals surface area contributed by atoms with Gasteiger partial charge in [-0.1, -0.05) is 6.92 Å². The van der Waals surface area contributed by atoms with Crippen LogP contribution < -0.4 is 5.32 Å². The van der Waals surface area contributed by atoms with Crippen LogP contribution in [-0.2, 0) is 16.1 Å². The topological polar surface area (TPSA) is 99.3 Å². The Balaban J connectivity index is 1.78. The standard InChI is InChI=1S/C12H18N4O4/c1-9(7-15-8-10(5-14-15)16(18)19)12(17)13-6-11-3-2-4-20-11/h5,8-9,11H,2-4,6-7H2,1H3,(H,13,17). The molecule has 0 aliphatic carbocycles. The fraction of sp³-hybridized carbons (Fsp3) is 0.667. The molecule has 1 saturated heterocycles. The molecule has 110 valence electrons. The molecule has 1 aliphatic heterocycles. The molecule has 2 atom stereocenters. The summed E-state index contributed by atoms with van der Waals surface area (Å²) in [7, 11) is 0. The number of rotatable bonds is 6. The number of hydrogen-bond acceptors (Lipinski definition) is 5. The quantitative estimate of drug-likeness (QED) is 0.612. The molecule has 1 aliphatic rings. The minimum atomic E-state index is -0.508. The molecule has 1 N–H and O–H groups in total. The molecular formula is C12H18N4O4. The Morgan fingerprint density at radius 2 is 2.55 bits per heavy atom. The smallest absolute Gasteiger partial charge is 0.306 e. The van der Waals surface area contributed by atoms with Gasteiger partial charge in [-0.15, -0.1) is 0 Å². The molecule has 2 heterocycles. The van der Waals surface area contributed by atoms with Crippen LogP contribution in [0.2, 0.25) is 0 Å². The van der Waals surface area contributed by atoms with Gasteiger partial charge < -0.3 is 10.1 Å². The third-order valence-electron chi connectivity index (χ3n) is 3.27. The largest absolute Gasteiger partial charge is 0.376 e. The Kier molecular flexibility index (Phi) is 4.67. The highest BCUT2D eigenvalue weighted by Gasteiger charge is 2.19. The normalized spacial score (nSPS) is 19.8. The van der Waals surface area contributed by atoms with E-state index in [0.717, 1.165) is 19.4 Å². The molecule has 0 saturated carbocycles. The van der Waals surface area contributed by atoms with Crippen molar-refractivity contribution in [2.45, 2.75) is 32.4 Å². The fourth-order valence-electron chi connectivity index (χ4n) is 2.10. The molecule has 1 fully saturated rings. The van der Waals surface area contributed by atoms with Crippen molar-refractivity contribution in [2.24, 2.45) is 5.92 Å². The lowest BCUT2D eigenvalue weighted by Crippen LogP contribution is -2.36. The van der Waals surface area contributed by atoms with Crippen LogP contribution in [0.1, 0.15) is 19.8 Å². The minimum Gasteiger partial charge on any atom is -0.376 e. The monoisotopic (exact) mass is 282 g/mol. The van der Waals surface area contributed by atoms with Gasteiger partial charge in [0, 0.05) is 13.2 Å². The van der Waals surface area contributed by atoms with Gasteiger partial charge >= 0.3 is 5.69 Å². The number of carbonyl (C=O) groups excluding carboxylic acids is 1. The Labute approximate surface area is 116 Å². The van der Waals surface area contributed by atoms with Crippen LogP contribution in [0.25, 0.3) is 0 Å². The van der Waals surface area contributed by atoms with E-state index in [1.165, 1.54) is 17.1 Å². The van der Waals surface area contributed by atoms with E-state index >= 15 is 0 Å². The van der Waals surface area contributed by atoms with Gasteiger partial charge in [0.05, 0.1) is 23.5 Å². The number of nitrogens with zero attached hydrogens (tertiary/aromatic N) is 3. The molecule has 0 aromatic carbocycles. The Morgan fingerprint density at radius 1 is 1.75 bits per heavy atom. The number of aromatic nitrogens is 2. The van der Waals surface area contributed by atoms with E-state index in [-0.39, 0.29) is 23.6 Å². The lowest BCUT2D eigenvalue weighted by Gasteiger charge is -2.14. The first-order valence-corrected chi connectivity index (χ1v) is 6.62. The van der Waals surface area contributed by atoms with Crippen molar-refractivity contribution in [2.75, 3.05) is 13.2 Å². The summed E-state index contributed by atoms with van der Waals surface area (Å²) in [6.07, 6.45) is 4.62. The number of carbonyl (C=O) groups is 1. The van der Waals surface area contributed by atoms with E-state index < -0.39 is 4.92 Å². The highest BCUT2D eigenvalue weighted by Crippen LogP contribution is 2.12. The van der Waals surface area contributed by atoms with Gasteiger partial charge in [0.1, 0.15) is 12.4 Å². The van der Waals surface area contributed by atoms with Crippen LogP contribution in [0.4, 0.5) is 5.69 Å². The number of amides is 1. The lowest BCUT2D eigenvalue weighted by atomic mass is 10.1. The lowest BCUT2D eigenvalue weighted by molar-refractivity contribution is -0.385. The number of hydrogen-bond donors (Lipinski definition) is 1. The van der Waals surface area contributed by atoms with Crippen molar-refractivity contribution in [1.29, 1.82) is 0 Å². The maximum atomic E-state index is 11.9. The van der Waals surface area contributed by atoms with Gasteiger partial charge in [-0.25, -0.2) is 0 Å². The summed E-state index contributed by atoms with van der Waals surface area (Å²) >= 11 is 0. The second kappa shape index (κ2) is 6.47. The Bertz CT molecular complexity index is 482. The van der Waals surface area contributed by atoms with Crippen LogP contribution in [0.5, 0.6) is 0 Å². The predicted octanol–water partition coefficient (Wildman–Crippen LogP) is 0.723. The summed E-state index contributed by atoms with van der Waals surface area (Å²) in [5.74, 6) is -0.408. The van der Waals surface area contributed by atoms with Crippen molar-refractivity contribution in [3.63, 3.8) is 0 Å². The molecule has 1 amide bonds. The zero-order valence-electron chi connectivity index (χ0n) is 11.3. The van der Waals surface area contributed by atoms with E-state index in [0.29, 0.717) is 13.1 Å². The van der Waals surface area contributed by atoms with Crippen molar-refractivity contribution < 1.29 is 14.5 Å². The Morgan fingerprint density at radius 3 is 3.15 bits per heavy atom. The summed E-state index contributed by atoms with van der Waals surface area (Å²) in [5, 5.41) is 17.2. The molecular weight excluding hydrogens is 264 g/mol. The molecule has 1 aromatic rings. The van der Waals surface area contributed by atoms with Crippen molar-refractivity contribution in [3.8, 4) is 0 Å². The maximum Gasteiger partial charge on any atom is 0.306 e. The zero-order chi connectivity index (χ0) is 14.5. The molecule has 0 spiro atoms. The van der Waals surface area contributed by atoms with Crippen molar-refractivity contribution >= 4 is 11.6 Å². The predicted molar refractivity (Wildman–Crippen MR) is 70.0 cm³/mol. The van der Waals surface area contributed by atoms with Gasteiger partial charge in [0.2, 0.25) is 5.91 Å². The summed E-state index contributed by atoms with van der Waals surface area (Å²) in [5.41, 5.74) is -0.0723. The molecule has 0 radical (unpaired) electrons. The first-order valence-electron chi connectivity index (χ1n) is 6.62. The van der Waals surface area contributed by atoms with Crippen LogP contribution in [-0.4, -0.2) is 39.9 Å². The van der Waals surface area contributed by atoms with Gasteiger partial charge in [0.15, 0.2) is 0 Å². The van der Waals surface area contributed by atoms with Crippen LogP contribution in [0.15, 0.2) is 12.4 Å². The van der Waals surface area contributed by atoms with Gasteiger partial charge in [-0.3, -0.25) is 19.6 Å². The Hall–Kier alpha value is -1.96. The first-order chi connectivity index (χ1) is 9.56. The fourth-order valence-corrected chi connectivity index (χ4v) is 2.10. The molecule has 20 heavy (non-hydrogen) atoms. The molecule has 2 rings (SSSR count). The van der Waals surface area contributed by atoms with Gasteiger partial charge in [-0.05, 0) is 12.8 Å². The third kappa shape index (κ3) is 3.77. The summed E-state index contributed by atoms with van der Waals surface area (Å²) in [4.78, 5) is 21.9. The van der Waals surface area contributed by atoms with Gasteiger partial charge in [0.25, 0.3) is 0 Å². The third-order valence-corrected chi connectivity index (χ3v) is 3.27. The van der Waals surface area contributed by atoms with Gasteiger partial charge in [-0.2, -0.15) is 5.10 Å². The second-order valence-corrected chi connectivity index (χ2v) is 4.96. The maximum absolute atomic E-state index is 11.9. The molecule has 2 unspecified atom stereocenters. The SMILES string of the molecule is CC(Cn1cc([N+](=O)[O-])cn1)C(=O)NCC1CCCO1. The highest BCUT2D eigenvalue weighted by molar-refractivity contribution is 5.78. The summed E-state index contributed by atoms with van der Waals surface area (Å²) in [6.45, 7) is 3.35. The highest BCUT2D eigenvalue weighted by atomic mass is 16.6. The summed E-state index contributed by atoms with van der Waals surface area (Å²) < 4.78 is 6.83. The average Bonchev–Trinajstić information content (AvgIpc) is 3.06. The van der Waals surface area contributed by atoms with Crippen LogP contribution in [0, 0.1) is 16.0 Å². The zero-order valence-corrected chi connectivity index (χ0v) is 11.3. The van der Waals surface area contributed by atoms with Crippen LogP contribution in [0.3, 0.4) is 0 Å². The van der Waals surface area contributed by atoms with Crippen molar-refractivity contribution in [1.82, 2.24) is 15.1 Å². The average molecular weight is 282 g/mol. The van der Waals surface area contributed by atoms with E-state index in [4.69, 9.17) is 4.74 Å². The molecule has 8 nitrogen and oxygen atoms in total. The molecule has 8 heteroatoms. The van der Waals surface area contributed by atoms with E-state index in [9.17, 15) is 14.9 Å². The summed E-state index contributed by atoms with van der Waals surface area (Å²) in [6, 6.07) is 0. The number of ether oxygens (including phenoxy) is 1.